The van der Waals surface area contributed by atoms with Gasteiger partial charge in [0.25, 0.3) is 0 Å². The predicted octanol–water partition coefficient (Wildman–Crippen LogP) is 2.71. The molecule has 19 heavy (non-hydrogen) atoms. The van der Waals surface area contributed by atoms with E-state index in [1.165, 1.54) is 5.56 Å². The molecule has 0 aliphatic rings. The Kier molecular flexibility index (Phi) is 3.02. The van der Waals surface area contributed by atoms with Gasteiger partial charge in [-0.3, -0.25) is 5.10 Å². The van der Waals surface area contributed by atoms with Crippen molar-refractivity contribution in [3.63, 3.8) is 0 Å². The Labute approximate surface area is 118 Å². The molecule has 0 bridgehead atoms. The van der Waals surface area contributed by atoms with E-state index >= 15 is 0 Å². The molecule has 2 heterocycles. The van der Waals surface area contributed by atoms with E-state index in [-0.39, 0.29) is 0 Å². The van der Waals surface area contributed by atoms with Crippen molar-refractivity contribution in [1.29, 1.82) is 0 Å². The second kappa shape index (κ2) is 4.70. The zero-order valence-electron chi connectivity index (χ0n) is 10.5. The molecule has 3 aromatic rings. The first-order chi connectivity index (χ1) is 9.19. The molecule has 0 aliphatic heterocycles. The third-order valence-electron chi connectivity index (χ3n) is 3.11. The number of benzene rings is 1. The molecule has 0 saturated heterocycles. The van der Waals surface area contributed by atoms with Gasteiger partial charge in [0.2, 0.25) is 0 Å². The zero-order chi connectivity index (χ0) is 13.4. The SMILES string of the molecule is CCc1nn(Cc2cccc(Br)c2)c2n[nH]c(N)c12. The fourth-order valence-electron chi connectivity index (χ4n) is 2.23. The van der Waals surface area contributed by atoms with E-state index in [0.717, 1.165) is 27.6 Å². The Hall–Kier alpha value is -1.82. The van der Waals surface area contributed by atoms with Crippen LogP contribution in [0.1, 0.15) is 18.2 Å². The quantitative estimate of drug-likeness (QED) is 0.779. The molecule has 0 unspecified atom stereocenters. The number of aromatic amines is 1. The van der Waals surface area contributed by atoms with Crippen molar-refractivity contribution in [1.82, 2.24) is 20.0 Å². The summed E-state index contributed by atoms with van der Waals surface area (Å²) in [4.78, 5) is 0. The number of fused-ring (bicyclic) bond motifs is 1. The van der Waals surface area contributed by atoms with Crippen molar-refractivity contribution in [2.45, 2.75) is 19.9 Å². The molecule has 0 atom stereocenters. The van der Waals surface area contributed by atoms with Crippen molar-refractivity contribution >= 4 is 32.8 Å². The summed E-state index contributed by atoms with van der Waals surface area (Å²) in [6, 6.07) is 8.17. The zero-order valence-corrected chi connectivity index (χ0v) is 12.1. The van der Waals surface area contributed by atoms with Gasteiger partial charge in [0.05, 0.1) is 17.6 Å². The number of halogens is 1. The molecule has 3 rings (SSSR count). The van der Waals surface area contributed by atoms with Crippen LogP contribution in [-0.4, -0.2) is 20.0 Å². The second-order valence-corrected chi connectivity index (χ2v) is 5.34. The highest BCUT2D eigenvalue weighted by Gasteiger charge is 2.15. The van der Waals surface area contributed by atoms with Crippen molar-refractivity contribution in [2.75, 3.05) is 5.73 Å². The molecular formula is C13H14BrN5. The van der Waals surface area contributed by atoms with Crippen LogP contribution in [0.4, 0.5) is 5.82 Å². The van der Waals surface area contributed by atoms with Crippen LogP contribution in [0.5, 0.6) is 0 Å². The van der Waals surface area contributed by atoms with E-state index in [9.17, 15) is 0 Å². The van der Waals surface area contributed by atoms with Gasteiger partial charge in [0.1, 0.15) is 5.82 Å². The third-order valence-corrected chi connectivity index (χ3v) is 3.60. The highest BCUT2D eigenvalue weighted by atomic mass is 79.9. The number of aromatic nitrogens is 4. The molecule has 5 nitrogen and oxygen atoms in total. The predicted molar refractivity (Wildman–Crippen MR) is 78.9 cm³/mol. The van der Waals surface area contributed by atoms with Gasteiger partial charge in [-0.1, -0.05) is 35.0 Å². The molecule has 0 aliphatic carbocycles. The van der Waals surface area contributed by atoms with E-state index in [4.69, 9.17) is 5.73 Å². The number of nitrogens with zero attached hydrogens (tertiary/aromatic N) is 3. The Bertz CT molecular complexity index is 728. The number of H-pyrrole nitrogens is 1. The van der Waals surface area contributed by atoms with E-state index in [2.05, 4.69) is 50.3 Å². The topological polar surface area (TPSA) is 72.5 Å². The standard InChI is InChI=1S/C13H14BrN5/c1-2-10-11-12(15)16-17-13(11)19(18-10)7-8-4-3-5-9(14)6-8/h3-6H,2,7H2,1H3,(H3,15,16,17). The number of aryl methyl sites for hydroxylation is 1. The minimum absolute atomic E-state index is 0.590. The molecule has 0 radical (unpaired) electrons. The van der Waals surface area contributed by atoms with Crippen molar-refractivity contribution in [2.24, 2.45) is 0 Å². The van der Waals surface area contributed by atoms with Gasteiger partial charge >= 0.3 is 0 Å². The Morgan fingerprint density at radius 3 is 3.00 bits per heavy atom. The van der Waals surface area contributed by atoms with Gasteiger partial charge in [-0.25, -0.2) is 4.68 Å². The summed E-state index contributed by atoms with van der Waals surface area (Å²) < 4.78 is 2.95. The molecule has 98 valence electrons. The normalized spacial score (nSPS) is 11.3. The van der Waals surface area contributed by atoms with Crippen LogP contribution in [0.3, 0.4) is 0 Å². The molecule has 1 aromatic carbocycles. The number of nitrogens with two attached hydrogens (primary N) is 1. The van der Waals surface area contributed by atoms with Gasteiger partial charge in [0, 0.05) is 4.47 Å². The summed E-state index contributed by atoms with van der Waals surface area (Å²) in [7, 11) is 0. The first-order valence-corrected chi connectivity index (χ1v) is 6.92. The number of nitrogens with one attached hydrogen (secondary N) is 1. The van der Waals surface area contributed by atoms with E-state index < -0.39 is 0 Å². The first kappa shape index (κ1) is 12.2. The number of hydrogen-bond donors (Lipinski definition) is 2. The van der Waals surface area contributed by atoms with Crippen molar-refractivity contribution in [3.8, 4) is 0 Å². The minimum atomic E-state index is 0.590. The smallest absolute Gasteiger partial charge is 0.182 e. The summed E-state index contributed by atoms with van der Waals surface area (Å²) in [5, 5.41) is 12.6. The van der Waals surface area contributed by atoms with E-state index in [0.29, 0.717) is 12.4 Å². The molecule has 6 heteroatoms. The number of nitrogen functional groups attached to an aromatic ring is 1. The molecule has 3 N–H and O–H groups in total. The molecule has 0 spiro atoms. The maximum Gasteiger partial charge on any atom is 0.182 e. The lowest BCUT2D eigenvalue weighted by Crippen LogP contribution is -2.03. The maximum atomic E-state index is 5.90. The highest BCUT2D eigenvalue weighted by Crippen LogP contribution is 2.23. The lowest BCUT2D eigenvalue weighted by Gasteiger charge is -2.02. The Balaban J connectivity index is 2.06. The van der Waals surface area contributed by atoms with Gasteiger partial charge in [-0.15, -0.1) is 0 Å². The van der Waals surface area contributed by atoms with Gasteiger partial charge in [0.15, 0.2) is 5.65 Å². The summed E-state index contributed by atoms with van der Waals surface area (Å²) in [5.41, 5.74) is 8.87. The lowest BCUT2D eigenvalue weighted by molar-refractivity contribution is 0.685. The molecule has 2 aromatic heterocycles. The van der Waals surface area contributed by atoms with Crippen LogP contribution in [0.25, 0.3) is 11.0 Å². The average molecular weight is 320 g/mol. The monoisotopic (exact) mass is 319 g/mol. The first-order valence-electron chi connectivity index (χ1n) is 6.12. The number of rotatable bonds is 3. The molecule has 0 saturated carbocycles. The molecule has 0 fully saturated rings. The van der Waals surface area contributed by atoms with Gasteiger partial charge in [-0.2, -0.15) is 10.2 Å². The van der Waals surface area contributed by atoms with Crippen LogP contribution >= 0.6 is 15.9 Å². The maximum absolute atomic E-state index is 5.90. The Morgan fingerprint density at radius 2 is 2.26 bits per heavy atom. The van der Waals surface area contributed by atoms with Crippen molar-refractivity contribution in [3.05, 3.63) is 40.0 Å². The number of anilines is 1. The van der Waals surface area contributed by atoms with Crippen LogP contribution in [0.2, 0.25) is 0 Å². The summed E-state index contributed by atoms with van der Waals surface area (Å²) >= 11 is 3.48. The van der Waals surface area contributed by atoms with Crippen LogP contribution in [-0.2, 0) is 13.0 Å². The van der Waals surface area contributed by atoms with Crippen molar-refractivity contribution < 1.29 is 0 Å². The van der Waals surface area contributed by atoms with Gasteiger partial charge in [-0.05, 0) is 24.1 Å². The fourth-order valence-corrected chi connectivity index (χ4v) is 2.67. The summed E-state index contributed by atoms with van der Waals surface area (Å²) in [6.45, 7) is 2.75. The minimum Gasteiger partial charge on any atom is -0.383 e. The largest absolute Gasteiger partial charge is 0.383 e. The lowest BCUT2D eigenvalue weighted by atomic mass is 10.2. The molecule has 0 amide bonds. The number of hydrogen-bond acceptors (Lipinski definition) is 3. The summed E-state index contributed by atoms with van der Waals surface area (Å²) in [5.74, 6) is 0.590. The van der Waals surface area contributed by atoms with Crippen LogP contribution in [0, 0.1) is 0 Å². The average Bonchev–Trinajstić information content (AvgIpc) is 2.92. The second-order valence-electron chi connectivity index (χ2n) is 4.42. The third kappa shape index (κ3) is 2.12. The van der Waals surface area contributed by atoms with Gasteiger partial charge < -0.3 is 5.73 Å². The molecular weight excluding hydrogens is 306 g/mol. The summed E-state index contributed by atoms with van der Waals surface area (Å²) in [6.07, 6.45) is 0.839. The Morgan fingerprint density at radius 1 is 1.42 bits per heavy atom. The van der Waals surface area contributed by atoms with E-state index in [1.54, 1.807) is 0 Å². The highest BCUT2D eigenvalue weighted by molar-refractivity contribution is 9.10. The fraction of sp³-hybridized carbons (Fsp3) is 0.231. The van der Waals surface area contributed by atoms with Crippen LogP contribution < -0.4 is 5.73 Å². The van der Waals surface area contributed by atoms with Crippen LogP contribution in [0.15, 0.2) is 28.7 Å². The van der Waals surface area contributed by atoms with E-state index in [1.807, 2.05) is 16.8 Å².